The number of nitrogens with zero attached hydrogens (tertiary/aromatic N) is 1. The molecule has 4 nitrogen and oxygen atoms in total. The highest BCUT2D eigenvalue weighted by molar-refractivity contribution is 7.99. The van der Waals surface area contributed by atoms with Gasteiger partial charge in [-0.3, -0.25) is 4.98 Å². The lowest BCUT2D eigenvalue weighted by Crippen LogP contribution is -1.97. The summed E-state index contributed by atoms with van der Waals surface area (Å²) in [4.78, 5) is 5.63. The Morgan fingerprint density at radius 1 is 1.00 bits per heavy atom. The van der Waals surface area contributed by atoms with Gasteiger partial charge in [0.2, 0.25) is 0 Å². The van der Waals surface area contributed by atoms with Crippen LogP contribution in [0.25, 0.3) is 10.9 Å². The summed E-state index contributed by atoms with van der Waals surface area (Å²) < 4.78 is 10.5. The maximum absolute atomic E-state index is 6.09. The van der Waals surface area contributed by atoms with Crippen molar-refractivity contribution in [1.82, 2.24) is 4.98 Å². The molecule has 0 radical (unpaired) electrons. The Balaban J connectivity index is 1.75. The molecule has 1 aromatic heterocycles. The molecule has 3 aromatic rings. The van der Waals surface area contributed by atoms with E-state index in [0.29, 0.717) is 5.69 Å². The molecule has 3 rings (SSSR count). The van der Waals surface area contributed by atoms with Crippen molar-refractivity contribution in [3.05, 3.63) is 54.2 Å². The number of aryl methyl sites for hydroxylation is 1. The topological polar surface area (TPSA) is 57.4 Å². The number of aromatic nitrogens is 1. The first-order chi connectivity index (χ1) is 11.7. The summed E-state index contributed by atoms with van der Waals surface area (Å²) in [6.07, 6.45) is 2.75. The molecular formula is C19H20N2O2S. The number of thioether (sulfide) groups is 1. The molecule has 0 aliphatic rings. The van der Waals surface area contributed by atoms with E-state index < -0.39 is 0 Å². The fraction of sp³-hybridized carbons (Fsp3) is 0.211. The zero-order valence-corrected chi connectivity index (χ0v) is 14.6. The maximum Gasteiger partial charge on any atom is 0.121 e. The molecule has 0 fully saturated rings. The fourth-order valence-corrected chi connectivity index (χ4v) is 3.48. The Labute approximate surface area is 146 Å². The lowest BCUT2D eigenvalue weighted by atomic mass is 10.1. The van der Waals surface area contributed by atoms with Crippen LogP contribution < -0.4 is 15.2 Å². The minimum absolute atomic E-state index is 0.647. The molecule has 24 heavy (non-hydrogen) atoms. The molecule has 0 amide bonds. The van der Waals surface area contributed by atoms with E-state index in [1.54, 1.807) is 14.2 Å². The Hall–Kier alpha value is -2.40. The molecular weight excluding hydrogens is 320 g/mol. The van der Waals surface area contributed by atoms with Crippen LogP contribution in [0.5, 0.6) is 11.5 Å². The number of benzene rings is 2. The minimum atomic E-state index is 0.647. The Bertz CT molecular complexity index is 835. The molecule has 0 saturated heterocycles. The second kappa shape index (κ2) is 7.45. The summed E-state index contributed by atoms with van der Waals surface area (Å²) in [5.74, 6) is 2.61. The summed E-state index contributed by atoms with van der Waals surface area (Å²) in [6, 6.07) is 14.0. The van der Waals surface area contributed by atoms with Gasteiger partial charge in [0, 0.05) is 28.3 Å². The van der Waals surface area contributed by atoms with E-state index in [-0.39, 0.29) is 0 Å². The average molecular weight is 340 g/mol. The molecule has 2 aromatic carbocycles. The van der Waals surface area contributed by atoms with E-state index in [1.807, 2.05) is 42.2 Å². The molecule has 1 heterocycles. The summed E-state index contributed by atoms with van der Waals surface area (Å²) in [6.45, 7) is 0. The van der Waals surface area contributed by atoms with Crippen molar-refractivity contribution in [3.63, 3.8) is 0 Å². The van der Waals surface area contributed by atoms with Crippen molar-refractivity contribution in [2.45, 2.75) is 11.3 Å². The highest BCUT2D eigenvalue weighted by atomic mass is 32.2. The number of pyridine rings is 1. The monoisotopic (exact) mass is 340 g/mol. The highest BCUT2D eigenvalue weighted by Crippen LogP contribution is 2.29. The van der Waals surface area contributed by atoms with Crippen LogP contribution in [0, 0.1) is 0 Å². The van der Waals surface area contributed by atoms with Crippen molar-refractivity contribution < 1.29 is 9.47 Å². The fourth-order valence-electron chi connectivity index (χ4n) is 2.60. The molecule has 0 aliphatic heterocycles. The largest absolute Gasteiger partial charge is 0.497 e. The lowest BCUT2D eigenvalue weighted by molar-refractivity contribution is 0.414. The van der Waals surface area contributed by atoms with Crippen LogP contribution in [0.1, 0.15) is 5.56 Å². The molecule has 0 aliphatic carbocycles. The van der Waals surface area contributed by atoms with Crippen LogP contribution in [0.3, 0.4) is 0 Å². The van der Waals surface area contributed by atoms with Gasteiger partial charge in [0.25, 0.3) is 0 Å². The third-order valence-electron chi connectivity index (χ3n) is 3.87. The Morgan fingerprint density at radius 3 is 2.46 bits per heavy atom. The summed E-state index contributed by atoms with van der Waals surface area (Å²) in [5.41, 5.74) is 8.80. The number of fused-ring (bicyclic) bond motifs is 1. The van der Waals surface area contributed by atoms with E-state index in [4.69, 9.17) is 15.2 Å². The zero-order chi connectivity index (χ0) is 16.9. The van der Waals surface area contributed by atoms with Crippen LogP contribution in [0.2, 0.25) is 0 Å². The summed E-state index contributed by atoms with van der Waals surface area (Å²) in [5, 5.41) is 1.06. The normalized spacial score (nSPS) is 10.8. The van der Waals surface area contributed by atoms with E-state index in [9.17, 15) is 0 Å². The standard InChI is InChI=1S/C19H20N2O2S/c1-22-14-3-5-16(6-4-14)24-10-8-13-7-9-21-19-17(13)11-15(23-2)12-18(19)20/h3-7,9,11-12H,8,10,20H2,1-2H3. The van der Waals surface area contributed by atoms with E-state index in [1.165, 1.54) is 10.5 Å². The number of methoxy groups -OCH3 is 2. The molecule has 0 bridgehead atoms. The molecule has 0 spiro atoms. The molecule has 0 saturated carbocycles. The predicted molar refractivity (Wildman–Crippen MR) is 100 cm³/mol. The third-order valence-corrected chi connectivity index (χ3v) is 4.89. The van der Waals surface area contributed by atoms with Crippen molar-refractivity contribution >= 4 is 28.4 Å². The van der Waals surface area contributed by atoms with Crippen molar-refractivity contribution in [3.8, 4) is 11.5 Å². The zero-order valence-electron chi connectivity index (χ0n) is 13.8. The number of anilines is 1. The molecule has 0 unspecified atom stereocenters. The van der Waals surface area contributed by atoms with E-state index >= 15 is 0 Å². The first-order valence-electron chi connectivity index (χ1n) is 7.69. The second-order valence-corrected chi connectivity index (χ2v) is 6.53. The van der Waals surface area contributed by atoms with Crippen molar-refractivity contribution in [1.29, 1.82) is 0 Å². The number of nitrogens with two attached hydrogens (primary N) is 1. The molecule has 124 valence electrons. The van der Waals surface area contributed by atoms with E-state index in [0.717, 1.165) is 34.6 Å². The SMILES string of the molecule is COc1ccc(SCCc2ccnc3c(N)cc(OC)cc23)cc1. The van der Waals surface area contributed by atoms with Crippen LogP contribution in [0.15, 0.2) is 53.6 Å². The second-order valence-electron chi connectivity index (χ2n) is 5.36. The van der Waals surface area contributed by atoms with Gasteiger partial charge in [-0.05, 0) is 48.4 Å². The quantitative estimate of drug-likeness (QED) is 0.539. The Kier molecular flexibility index (Phi) is 5.11. The van der Waals surface area contributed by atoms with Gasteiger partial charge in [-0.15, -0.1) is 11.8 Å². The van der Waals surface area contributed by atoms with Crippen molar-refractivity contribution in [2.24, 2.45) is 0 Å². The molecule has 2 N–H and O–H groups in total. The first kappa shape index (κ1) is 16.5. The van der Waals surface area contributed by atoms with E-state index in [2.05, 4.69) is 23.2 Å². The van der Waals surface area contributed by atoms with Gasteiger partial charge >= 0.3 is 0 Å². The summed E-state index contributed by atoms with van der Waals surface area (Å²) >= 11 is 1.82. The van der Waals surface area contributed by atoms with Crippen LogP contribution in [-0.2, 0) is 6.42 Å². The lowest BCUT2D eigenvalue weighted by Gasteiger charge is -2.10. The molecule has 0 atom stereocenters. The predicted octanol–water partition coefficient (Wildman–Crippen LogP) is 4.17. The number of hydrogen-bond donors (Lipinski definition) is 1. The van der Waals surface area contributed by atoms with Crippen LogP contribution in [-0.4, -0.2) is 25.0 Å². The van der Waals surface area contributed by atoms with Gasteiger partial charge in [-0.25, -0.2) is 0 Å². The minimum Gasteiger partial charge on any atom is -0.497 e. The Morgan fingerprint density at radius 2 is 1.75 bits per heavy atom. The first-order valence-corrected chi connectivity index (χ1v) is 8.68. The van der Waals surface area contributed by atoms with Crippen LogP contribution >= 0.6 is 11.8 Å². The average Bonchev–Trinajstić information content (AvgIpc) is 2.62. The maximum atomic E-state index is 6.09. The third kappa shape index (κ3) is 3.57. The number of ether oxygens (including phenoxy) is 2. The van der Waals surface area contributed by atoms with Gasteiger partial charge in [-0.2, -0.15) is 0 Å². The van der Waals surface area contributed by atoms with Gasteiger partial charge in [0.15, 0.2) is 0 Å². The smallest absolute Gasteiger partial charge is 0.121 e. The van der Waals surface area contributed by atoms with Gasteiger partial charge in [0.05, 0.1) is 25.4 Å². The van der Waals surface area contributed by atoms with Gasteiger partial charge < -0.3 is 15.2 Å². The van der Waals surface area contributed by atoms with Crippen molar-refractivity contribution in [2.75, 3.05) is 25.7 Å². The van der Waals surface area contributed by atoms with Crippen LogP contribution in [0.4, 0.5) is 5.69 Å². The highest BCUT2D eigenvalue weighted by Gasteiger charge is 2.08. The van der Waals surface area contributed by atoms with Gasteiger partial charge in [-0.1, -0.05) is 0 Å². The number of rotatable bonds is 6. The molecule has 5 heteroatoms. The number of hydrogen-bond acceptors (Lipinski definition) is 5. The van der Waals surface area contributed by atoms with Gasteiger partial charge in [0.1, 0.15) is 11.5 Å². The summed E-state index contributed by atoms with van der Waals surface area (Å²) in [7, 11) is 3.33. The number of nitrogen functional groups attached to an aromatic ring is 1.